The van der Waals surface area contributed by atoms with Crippen LogP contribution in [0, 0.1) is 0 Å². The van der Waals surface area contributed by atoms with Crippen LogP contribution in [0.15, 0.2) is 44.1 Å². The quantitative estimate of drug-likeness (QED) is 0.537. The van der Waals surface area contributed by atoms with Crippen LogP contribution in [0.2, 0.25) is 0 Å². The molecule has 2 fully saturated rings. The van der Waals surface area contributed by atoms with Gasteiger partial charge in [0.25, 0.3) is 5.91 Å². The van der Waals surface area contributed by atoms with Gasteiger partial charge in [-0.05, 0) is 37.8 Å². The third-order valence-electron chi connectivity index (χ3n) is 6.42. The molecule has 1 amide bonds. The second-order valence-corrected chi connectivity index (χ2v) is 8.40. The minimum Gasteiger partial charge on any atom is -0.449 e. The van der Waals surface area contributed by atoms with Gasteiger partial charge in [-0.3, -0.25) is 4.79 Å². The summed E-state index contributed by atoms with van der Waals surface area (Å²) in [4.78, 5) is 19.6. The van der Waals surface area contributed by atoms with Crippen molar-refractivity contribution in [2.24, 2.45) is 0 Å². The molecule has 30 heavy (non-hydrogen) atoms. The van der Waals surface area contributed by atoms with Crippen molar-refractivity contribution in [2.45, 2.75) is 76.3 Å². The van der Waals surface area contributed by atoms with Crippen molar-refractivity contribution in [3.05, 3.63) is 36.5 Å². The maximum absolute atomic E-state index is 13.5. The fourth-order valence-corrected chi connectivity index (χ4v) is 4.91. The van der Waals surface area contributed by atoms with Crippen molar-refractivity contribution in [1.29, 1.82) is 0 Å². The zero-order valence-electron chi connectivity index (χ0n) is 17.1. The maximum Gasteiger partial charge on any atom is 0.276 e. The van der Waals surface area contributed by atoms with Crippen molar-refractivity contribution in [1.82, 2.24) is 15.0 Å². The maximum atomic E-state index is 13.5. The summed E-state index contributed by atoms with van der Waals surface area (Å²) in [6, 6.07) is 5.90. The highest BCUT2D eigenvalue weighted by molar-refractivity contribution is 5.93. The van der Waals surface area contributed by atoms with E-state index in [0.29, 0.717) is 40.8 Å². The van der Waals surface area contributed by atoms with Gasteiger partial charge in [-0.25, -0.2) is 4.98 Å². The zero-order valence-corrected chi connectivity index (χ0v) is 17.1. The molecule has 7 nitrogen and oxygen atoms in total. The highest BCUT2D eigenvalue weighted by Crippen LogP contribution is 2.33. The van der Waals surface area contributed by atoms with Crippen LogP contribution in [0.25, 0.3) is 23.0 Å². The molecule has 0 saturated heterocycles. The molecule has 3 heterocycles. The van der Waals surface area contributed by atoms with E-state index < -0.39 is 0 Å². The molecular formula is C23H27N3O4. The normalized spacial score (nSPS) is 18.5. The van der Waals surface area contributed by atoms with Gasteiger partial charge in [-0.1, -0.05) is 43.7 Å². The second-order valence-electron chi connectivity index (χ2n) is 8.40. The summed E-state index contributed by atoms with van der Waals surface area (Å²) in [5.74, 6) is 2.03. The highest BCUT2D eigenvalue weighted by atomic mass is 16.5. The van der Waals surface area contributed by atoms with Gasteiger partial charge >= 0.3 is 0 Å². The number of carbonyl (C=O) groups is 1. The van der Waals surface area contributed by atoms with Crippen LogP contribution in [0.1, 0.15) is 74.7 Å². The van der Waals surface area contributed by atoms with Crippen molar-refractivity contribution in [3.8, 4) is 23.0 Å². The first-order chi connectivity index (χ1) is 14.8. The van der Waals surface area contributed by atoms with Gasteiger partial charge in [-0.15, -0.1) is 0 Å². The lowest BCUT2D eigenvalue weighted by molar-refractivity contribution is 0.0438. The average Bonchev–Trinajstić information content (AvgIpc) is 3.56. The van der Waals surface area contributed by atoms with Crippen molar-refractivity contribution in [2.75, 3.05) is 0 Å². The van der Waals surface area contributed by atoms with Crippen LogP contribution in [0.3, 0.4) is 0 Å². The molecule has 0 radical (unpaired) electrons. The number of oxazole rings is 1. The van der Waals surface area contributed by atoms with Gasteiger partial charge in [0, 0.05) is 18.2 Å². The Balaban J connectivity index is 1.38. The molecule has 7 heteroatoms. The van der Waals surface area contributed by atoms with E-state index in [4.69, 9.17) is 13.4 Å². The number of furan rings is 1. The number of aromatic nitrogens is 2. The van der Waals surface area contributed by atoms with E-state index in [1.807, 2.05) is 0 Å². The molecule has 3 aromatic heterocycles. The lowest BCUT2D eigenvalue weighted by Crippen LogP contribution is -2.48. The summed E-state index contributed by atoms with van der Waals surface area (Å²) < 4.78 is 16.6. The lowest BCUT2D eigenvalue weighted by atomic mass is 9.88. The molecule has 2 aliphatic rings. The van der Waals surface area contributed by atoms with E-state index >= 15 is 0 Å². The Morgan fingerprint density at radius 1 is 0.867 bits per heavy atom. The fraction of sp³-hybridized carbons (Fsp3) is 0.522. The molecule has 0 bridgehead atoms. The third-order valence-corrected chi connectivity index (χ3v) is 6.42. The number of hydrogen-bond acceptors (Lipinski definition) is 6. The van der Waals surface area contributed by atoms with E-state index in [-0.39, 0.29) is 5.91 Å². The molecule has 0 N–H and O–H groups in total. The molecule has 0 spiro atoms. The number of hydrogen-bond donors (Lipinski definition) is 0. The summed E-state index contributed by atoms with van der Waals surface area (Å²) in [5.41, 5.74) is 0.360. The predicted molar refractivity (Wildman–Crippen MR) is 110 cm³/mol. The molecule has 2 saturated carbocycles. The average molecular weight is 409 g/mol. The number of nitrogens with zero attached hydrogens (tertiary/aromatic N) is 3. The van der Waals surface area contributed by atoms with E-state index in [9.17, 15) is 4.79 Å². The van der Waals surface area contributed by atoms with E-state index in [1.165, 1.54) is 44.9 Å². The van der Waals surface area contributed by atoms with Crippen LogP contribution in [-0.4, -0.2) is 33.0 Å². The standard InChI is InChI=1S/C23H27N3O4/c27-23(26(16-7-3-1-4-8-16)17-9-5-2-6-10-17)18-13-21(30-25-18)19-11-12-20(29-19)22-14-24-15-28-22/h11-17H,1-10H2. The van der Waals surface area contributed by atoms with Gasteiger partial charge in [0.15, 0.2) is 29.4 Å². The Bertz CT molecular complexity index is 944. The van der Waals surface area contributed by atoms with E-state index in [0.717, 1.165) is 25.7 Å². The zero-order chi connectivity index (χ0) is 20.3. The van der Waals surface area contributed by atoms with Gasteiger partial charge in [0.1, 0.15) is 0 Å². The Hall–Kier alpha value is -2.83. The summed E-state index contributed by atoms with van der Waals surface area (Å²) in [5, 5.41) is 4.11. The smallest absolute Gasteiger partial charge is 0.276 e. The second kappa shape index (κ2) is 8.50. The van der Waals surface area contributed by atoms with Gasteiger partial charge in [-0.2, -0.15) is 0 Å². The molecule has 5 rings (SSSR count). The minimum atomic E-state index is -0.00851. The SMILES string of the molecule is O=C(c1cc(-c2ccc(-c3cnco3)o2)on1)N(C1CCCCC1)C1CCCCC1. The van der Waals surface area contributed by atoms with Gasteiger partial charge in [0.2, 0.25) is 5.76 Å². The topological polar surface area (TPSA) is 85.5 Å². The fourth-order valence-electron chi connectivity index (χ4n) is 4.91. The van der Waals surface area contributed by atoms with E-state index in [2.05, 4.69) is 15.0 Å². The summed E-state index contributed by atoms with van der Waals surface area (Å²) in [6.07, 6.45) is 14.6. The number of carbonyl (C=O) groups excluding carboxylic acids is 1. The Morgan fingerprint density at radius 3 is 2.10 bits per heavy atom. The predicted octanol–water partition coefficient (Wildman–Crippen LogP) is 5.70. The van der Waals surface area contributed by atoms with Gasteiger partial charge in [0.05, 0.1) is 6.20 Å². The van der Waals surface area contributed by atoms with Crippen LogP contribution < -0.4 is 0 Å². The van der Waals surface area contributed by atoms with Crippen LogP contribution >= 0.6 is 0 Å². The number of rotatable bonds is 5. The van der Waals surface area contributed by atoms with Crippen molar-refractivity contribution in [3.63, 3.8) is 0 Å². The summed E-state index contributed by atoms with van der Waals surface area (Å²) in [7, 11) is 0. The monoisotopic (exact) mass is 409 g/mol. The van der Waals surface area contributed by atoms with Crippen LogP contribution in [0.4, 0.5) is 0 Å². The third kappa shape index (κ3) is 3.80. The van der Waals surface area contributed by atoms with E-state index in [1.54, 1.807) is 24.4 Å². The minimum absolute atomic E-state index is 0.00851. The Morgan fingerprint density at radius 2 is 1.50 bits per heavy atom. The molecule has 0 atom stereocenters. The first-order valence-corrected chi connectivity index (χ1v) is 11.1. The first kappa shape index (κ1) is 19.2. The van der Waals surface area contributed by atoms with Crippen LogP contribution in [0.5, 0.6) is 0 Å². The summed E-state index contributed by atoms with van der Waals surface area (Å²) in [6.45, 7) is 0. The van der Waals surface area contributed by atoms with Crippen LogP contribution in [-0.2, 0) is 0 Å². The summed E-state index contributed by atoms with van der Waals surface area (Å²) >= 11 is 0. The molecule has 2 aliphatic carbocycles. The van der Waals surface area contributed by atoms with Crippen molar-refractivity contribution >= 4 is 5.91 Å². The Labute approximate surface area is 175 Å². The first-order valence-electron chi connectivity index (χ1n) is 11.1. The van der Waals surface area contributed by atoms with Gasteiger partial charge < -0.3 is 18.3 Å². The van der Waals surface area contributed by atoms with Crippen molar-refractivity contribution < 1.29 is 18.2 Å². The Kier molecular flexibility index (Phi) is 5.43. The molecule has 3 aromatic rings. The lowest BCUT2D eigenvalue weighted by Gasteiger charge is -2.41. The largest absolute Gasteiger partial charge is 0.449 e. The molecule has 158 valence electrons. The molecule has 0 aromatic carbocycles. The highest BCUT2D eigenvalue weighted by Gasteiger charge is 2.34. The molecular weight excluding hydrogens is 382 g/mol. The number of amides is 1. The molecule has 0 aliphatic heterocycles. The molecule has 0 unspecified atom stereocenters.